The zero-order chi connectivity index (χ0) is 22.2. The van der Waals surface area contributed by atoms with E-state index in [0.29, 0.717) is 17.9 Å². The second kappa shape index (κ2) is 10.6. The lowest BCUT2D eigenvalue weighted by Gasteiger charge is -2.15. The second-order valence-corrected chi connectivity index (χ2v) is 12.5. The zero-order valence-electron chi connectivity index (χ0n) is 17.3. The third kappa shape index (κ3) is 6.88. The lowest BCUT2D eigenvalue weighted by molar-refractivity contribution is 0.233. The van der Waals surface area contributed by atoms with Gasteiger partial charge in [-0.1, -0.05) is 36.9 Å². The average molecular weight is 461 g/mol. The van der Waals surface area contributed by atoms with E-state index in [9.17, 15) is 13.7 Å². The molecule has 0 aromatic heterocycles. The predicted octanol–water partition coefficient (Wildman–Crippen LogP) is 3.62. The molecule has 2 aromatic rings. The van der Waals surface area contributed by atoms with Crippen molar-refractivity contribution in [2.45, 2.75) is 30.5 Å². The number of hydrogen-bond acceptors (Lipinski definition) is 5. The van der Waals surface area contributed by atoms with Crippen LogP contribution in [0.3, 0.4) is 0 Å². The van der Waals surface area contributed by atoms with Crippen molar-refractivity contribution in [2.24, 2.45) is 0 Å². The van der Waals surface area contributed by atoms with Crippen LogP contribution in [0, 0.1) is 11.3 Å². The van der Waals surface area contributed by atoms with E-state index >= 15 is 0 Å². The molecule has 2 aromatic carbocycles. The van der Waals surface area contributed by atoms with Gasteiger partial charge in [0.2, 0.25) is 9.84 Å². The van der Waals surface area contributed by atoms with Crippen molar-refractivity contribution < 1.29 is 17.3 Å². The molecule has 158 valence electrons. The Morgan fingerprint density at radius 3 is 2.40 bits per heavy atom. The van der Waals surface area contributed by atoms with Gasteiger partial charge in [-0.05, 0) is 56.3 Å². The lowest BCUT2D eigenvalue weighted by atomic mass is 10.2. The number of nitriles is 1. The summed E-state index contributed by atoms with van der Waals surface area (Å²) in [6.07, 6.45) is 1.36. The van der Waals surface area contributed by atoms with Gasteiger partial charge in [0.15, 0.2) is 23.6 Å². The quantitative estimate of drug-likeness (QED) is 0.234. The van der Waals surface area contributed by atoms with Crippen LogP contribution in [0.5, 0.6) is 5.75 Å². The zero-order valence-corrected chi connectivity index (χ0v) is 20.5. The smallest absolute Gasteiger partial charge is 0.216 e. The minimum absolute atomic E-state index is 0.0724. The number of allylic oxidation sites excluding steroid dienone is 1. The maximum Gasteiger partial charge on any atom is 0.216 e. The number of thiol groups is 1. The van der Waals surface area contributed by atoms with E-state index in [2.05, 4.69) is 27.0 Å². The van der Waals surface area contributed by atoms with Gasteiger partial charge in [-0.25, -0.2) is 8.42 Å². The molecule has 0 fully saturated rings. The largest absolute Gasteiger partial charge is 0.484 e. The summed E-state index contributed by atoms with van der Waals surface area (Å²) in [7, 11) is -4.15. The van der Waals surface area contributed by atoms with Crippen molar-refractivity contribution in [3.63, 3.8) is 0 Å². The van der Waals surface area contributed by atoms with Crippen molar-refractivity contribution in [1.82, 2.24) is 0 Å². The Labute approximate surface area is 185 Å². The SMILES string of the molecule is C=C(COc1ccc(/C=C(\C#N)S(=O)(=O)c2ccccc2)cc1)[SH+]OC(C)(C)[SiH2]C. The van der Waals surface area contributed by atoms with Crippen LogP contribution >= 0.6 is 0 Å². The summed E-state index contributed by atoms with van der Waals surface area (Å²) in [5.74, 6) is 0.622. The monoisotopic (exact) mass is 460 g/mol. The highest BCUT2D eigenvalue weighted by molar-refractivity contribution is 7.95. The minimum Gasteiger partial charge on any atom is -0.484 e. The summed E-state index contributed by atoms with van der Waals surface area (Å²) >= 11 is 0.719. The molecule has 0 radical (unpaired) electrons. The number of nitrogens with zero attached hydrogens (tertiary/aromatic N) is 1. The molecule has 0 heterocycles. The van der Waals surface area contributed by atoms with Crippen molar-refractivity contribution in [2.75, 3.05) is 6.61 Å². The Kier molecular flexibility index (Phi) is 8.50. The predicted molar refractivity (Wildman–Crippen MR) is 127 cm³/mol. The molecule has 0 aliphatic rings. The first-order valence-corrected chi connectivity index (χ1v) is 13.8. The molecule has 0 amide bonds. The molecule has 30 heavy (non-hydrogen) atoms. The molecule has 0 saturated carbocycles. The van der Waals surface area contributed by atoms with Crippen LogP contribution in [0.4, 0.5) is 0 Å². The van der Waals surface area contributed by atoms with Crippen LogP contribution in [-0.2, 0) is 26.1 Å². The lowest BCUT2D eigenvalue weighted by Crippen LogP contribution is -2.30. The number of benzene rings is 2. The van der Waals surface area contributed by atoms with E-state index in [1.807, 2.05) is 0 Å². The van der Waals surface area contributed by atoms with Crippen molar-refractivity contribution >= 4 is 37.5 Å². The highest BCUT2D eigenvalue weighted by Crippen LogP contribution is 2.22. The van der Waals surface area contributed by atoms with Crippen LogP contribution in [0.2, 0.25) is 6.55 Å². The molecule has 5 nitrogen and oxygen atoms in total. The van der Waals surface area contributed by atoms with Crippen molar-refractivity contribution in [3.8, 4) is 11.8 Å². The fourth-order valence-electron chi connectivity index (χ4n) is 2.15. The molecule has 0 atom stereocenters. The highest BCUT2D eigenvalue weighted by atomic mass is 32.2. The average Bonchev–Trinajstić information content (AvgIpc) is 2.76. The molecule has 0 N–H and O–H groups in total. The maximum atomic E-state index is 12.6. The second-order valence-electron chi connectivity index (χ2n) is 7.16. The Balaban J connectivity index is 2.03. The summed E-state index contributed by atoms with van der Waals surface area (Å²) in [6.45, 7) is 10.7. The van der Waals surface area contributed by atoms with Gasteiger partial charge < -0.3 is 4.74 Å². The molecule has 0 aliphatic carbocycles. The Morgan fingerprint density at radius 1 is 1.20 bits per heavy atom. The standard InChI is InChI=1S/C22H25NO4S2Si/c1-17(28-27-22(2,3)30-4)16-26-19-12-10-18(11-13-19)14-21(15-23)29(24,25)20-8-6-5-7-9-20/h5-14H,1,16,30H2,2-4H3/p+1/b21-14+. The first-order chi connectivity index (χ1) is 14.2. The van der Waals surface area contributed by atoms with Gasteiger partial charge in [0.1, 0.15) is 21.9 Å². The summed E-state index contributed by atoms with van der Waals surface area (Å²) in [6, 6.07) is 16.6. The van der Waals surface area contributed by atoms with Crippen LogP contribution < -0.4 is 4.74 Å². The van der Waals surface area contributed by atoms with Crippen LogP contribution in [0.25, 0.3) is 6.08 Å². The summed E-state index contributed by atoms with van der Waals surface area (Å²) in [5, 5.41) is 9.30. The normalized spacial score (nSPS) is 12.7. The third-order valence-electron chi connectivity index (χ3n) is 4.31. The van der Waals surface area contributed by atoms with Gasteiger partial charge in [-0.3, -0.25) is 0 Å². The van der Waals surface area contributed by atoms with E-state index in [0.717, 1.165) is 16.9 Å². The van der Waals surface area contributed by atoms with Crippen molar-refractivity contribution in [3.05, 3.63) is 76.5 Å². The maximum absolute atomic E-state index is 12.6. The number of hydrogen-bond donors (Lipinski definition) is 0. The first kappa shape index (κ1) is 24.0. The Morgan fingerprint density at radius 2 is 1.83 bits per heavy atom. The minimum atomic E-state index is -3.86. The van der Waals surface area contributed by atoms with E-state index in [4.69, 9.17) is 8.92 Å². The fraction of sp³-hybridized carbons (Fsp3) is 0.227. The molecule has 0 bridgehead atoms. The highest BCUT2D eigenvalue weighted by Gasteiger charge is 2.23. The Bertz CT molecular complexity index is 1040. The topological polar surface area (TPSA) is 76.4 Å². The van der Waals surface area contributed by atoms with Gasteiger partial charge in [-0.2, -0.15) is 9.44 Å². The van der Waals surface area contributed by atoms with E-state index in [-0.39, 0.29) is 24.5 Å². The molecular weight excluding hydrogens is 434 g/mol. The van der Waals surface area contributed by atoms with Crippen molar-refractivity contribution in [1.29, 1.82) is 5.26 Å². The van der Waals surface area contributed by atoms with Gasteiger partial charge in [0.05, 0.1) is 14.4 Å². The summed E-state index contributed by atoms with van der Waals surface area (Å²) < 4.78 is 36.8. The molecule has 0 spiro atoms. The van der Waals surface area contributed by atoms with E-state index in [1.54, 1.807) is 48.5 Å². The van der Waals surface area contributed by atoms with Gasteiger partial charge in [-0.15, -0.1) is 0 Å². The van der Waals surface area contributed by atoms with Gasteiger partial charge in [0, 0.05) is 0 Å². The van der Waals surface area contributed by atoms with E-state index < -0.39 is 9.84 Å². The van der Waals surface area contributed by atoms with Gasteiger partial charge in [0.25, 0.3) is 0 Å². The molecular formula is C22H26NO4S2Si+. The Hall–Kier alpha value is -2.31. The molecule has 0 aliphatic heterocycles. The third-order valence-corrected chi connectivity index (χ3v) is 9.05. The molecule has 8 heteroatoms. The molecule has 0 unspecified atom stereocenters. The van der Waals surface area contributed by atoms with Crippen LogP contribution in [0.1, 0.15) is 19.4 Å². The van der Waals surface area contributed by atoms with Crippen LogP contribution in [-0.4, -0.2) is 29.8 Å². The number of ether oxygens (including phenoxy) is 1. The molecule has 0 saturated heterocycles. The summed E-state index contributed by atoms with van der Waals surface area (Å²) in [4.78, 5) is 0.593. The molecule has 2 rings (SSSR count). The fourth-order valence-corrected chi connectivity index (χ4v) is 4.54. The van der Waals surface area contributed by atoms with Crippen LogP contribution in [0.15, 0.2) is 75.9 Å². The number of sulfone groups is 1. The van der Waals surface area contributed by atoms with E-state index in [1.165, 1.54) is 18.2 Å². The van der Waals surface area contributed by atoms with Gasteiger partial charge >= 0.3 is 0 Å². The number of rotatable bonds is 10. The summed E-state index contributed by atoms with van der Waals surface area (Å²) in [5.41, 5.74) is 0.591. The first-order valence-electron chi connectivity index (χ1n) is 9.40.